The highest BCUT2D eigenvalue weighted by atomic mass is 16.5. The van der Waals surface area contributed by atoms with E-state index in [1.165, 1.54) is 12.0 Å². The van der Waals surface area contributed by atoms with Crippen LogP contribution in [0.4, 0.5) is 10.5 Å². The van der Waals surface area contributed by atoms with E-state index in [9.17, 15) is 4.79 Å². The third kappa shape index (κ3) is 2.43. The summed E-state index contributed by atoms with van der Waals surface area (Å²) in [5.74, 6) is 1.31. The summed E-state index contributed by atoms with van der Waals surface area (Å²) in [5, 5.41) is 0. The van der Waals surface area contributed by atoms with Crippen molar-refractivity contribution in [1.29, 1.82) is 0 Å². The van der Waals surface area contributed by atoms with Crippen molar-refractivity contribution in [3.8, 4) is 11.5 Å². The Kier molecular flexibility index (Phi) is 4.20. The summed E-state index contributed by atoms with van der Waals surface area (Å²) in [5.41, 5.74) is 1.47. The van der Waals surface area contributed by atoms with E-state index < -0.39 is 6.09 Å². The second-order valence-corrected chi connectivity index (χ2v) is 3.47. The summed E-state index contributed by atoms with van der Waals surface area (Å²) in [6.07, 6.45) is -0.451. The van der Waals surface area contributed by atoms with E-state index in [2.05, 4.69) is 4.74 Å². The monoisotopic (exact) mass is 239 g/mol. The standard InChI is InChI=1S/C12H17NO4/c1-8-10(15-3)7-6-9(11(8)16-4)13(2)12(14)17-5/h6-7H,1-5H3. The third-order valence-corrected chi connectivity index (χ3v) is 2.57. The van der Waals surface area contributed by atoms with Crippen LogP contribution < -0.4 is 14.4 Å². The molecule has 5 heteroatoms. The Balaban J connectivity index is 3.25. The average Bonchev–Trinajstić information content (AvgIpc) is 2.36. The largest absolute Gasteiger partial charge is 0.496 e. The smallest absolute Gasteiger partial charge is 0.413 e. The number of nitrogens with zero attached hydrogens (tertiary/aromatic N) is 1. The molecule has 0 aliphatic carbocycles. The molecule has 0 unspecified atom stereocenters. The van der Waals surface area contributed by atoms with Crippen molar-refractivity contribution in [2.75, 3.05) is 33.3 Å². The first-order valence-electron chi connectivity index (χ1n) is 5.10. The van der Waals surface area contributed by atoms with Crippen molar-refractivity contribution in [2.24, 2.45) is 0 Å². The van der Waals surface area contributed by atoms with Crippen molar-refractivity contribution < 1.29 is 19.0 Å². The molecule has 0 atom stereocenters. The number of amides is 1. The van der Waals surface area contributed by atoms with E-state index in [1.807, 2.05) is 6.92 Å². The van der Waals surface area contributed by atoms with E-state index >= 15 is 0 Å². The van der Waals surface area contributed by atoms with Gasteiger partial charge in [0, 0.05) is 12.6 Å². The van der Waals surface area contributed by atoms with Gasteiger partial charge in [-0.1, -0.05) is 0 Å². The molecule has 0 heterocycles. The van der Waals surface area contributed by atoms with Crippen molar-refractivity contribution in [3.63, 3.8) is 0 Å². The summed E-state index contributed by atoms with van der Waals surface area (Å²) in [6, 6.07) is 3.54. The molecule has 0 aliphatic rings. The number of rotatable bonds is 3. The van der Waals surface area contributed by atoms with Gasteiger partial charge in [0.2, 0.25) is 0 Å². The maximum absolute atomic E-state index is 11.5. The Hall–Kier alpha value is -1.91. The Morgan fingerprint density at radius 1 is 1.18 bits per heavy atom. The number of hydrogen-bond donors (Lipinski definition) is 0. The minimum atomic E-state index is -0.451. The zero-order chi connectivity index (χ0) is 13.0. The van der Waals surface area contributed by atoms with Gasteiger partial charge in [0.25, 0.3) is 0 Å². The van der Waals surface area contributed by atoms with Crippen LogP contribution in [0.25, 0.3) is 0 Å². The van der Waals surface area contributed by atoms with Gasteiger partial charge in [0.1, 0.15) is 11.5 Å². The van der Waals surface area contributed by atoms with E-state index in [4.69, 9.17) is 9.47 Å². The predicted molar refractivity (Wildman–Crippen MR) is 65.1 cm³/mol. The minimum absolute atomic E-state index is 0.451. The molecule has 0 bridgehead atoms. The molecule has 1 rings (SSSR count). The van der Waals surface area contributed by atoms with Crippen molar-refractivity contribution in [2.45, 2.75) is 6.92 Å². The molecule has 1 amide bonds. The molecular weight excluding hydrogens is 222 g/mol. The number of anilines is 1. The lowest BCUT2D eigenvalue weighted by molar-refractivity contribution is 0.180. The third-order valence-electron chi connectivity index (χ3n) is 2.57. The van der Waals surface area contributed by atoms with Gasteiger partial charge in [-0.25, -0.2) is 4.79 Å². The van der Waals surface area contributed by atoms with Gasteiger partial charge < -0.3 is 14.2 Å². The molecule has 0 radical (unpaired) electrons. The van der Waals surface area contributed by atoms with Crippen LogP contribution in [0.1, 0.15) is 5.56 Å². The van der Waals surface area contributed by atoms with Gasteiger partial charge in [-0.15, -0.1) is 0 Å². The highest BCUT2D eigenvalue weighted by Gasteiger charge is 2.18. The normalized spacial score (nSPS) is 9.71. The topological polar surface area (TPSA) is 48.0 Å². The Morgan fingerprint density at radius 3 is 2.29 bits per heavy atom. The van der Waals surface area contributed by atoms with Crippen molar-refractivity contribution >= 4 is 11.8 Å². The summed E-state index contributed by atoms with van der Waals surface area (Å²) in [6.45, 7) is 1.87. The van der Waals surface area contributed by atoms with E-state index in [0.29, 0.717) is 17.2 Å². The Morgan fingerprint density at radius 2 is 1.82 bits per heavy atom. The molecular formula is C12H17NO4. The first kappa shape index (κ1) is 13.2. The minimum Gasteiger partial charge on any atom is -0.496 e. The molecule has 0 aromatic heterocycles. The molecule has 1 aromatic carbocycles. The molecule has 0 fully saturated rings. The molecule has 1 aromatic rings. The first-order chi connectivity index (χ1) is 8.06. The Labute approximate surface area is 101 Å². The van der Waals surface area contributed by atoms with Crippen LogP contribution in [0.5, 0.6) is 11.5 Å². The van der Waals surface area contributed by atoms with Crippen LogP contribution in [-0.4, -0.2) is 34.5 Å². The number of methoxy groups -OCH3 is 3. The fraction of sp³-hybridized carbons (Fsp3) is 0.417. The highest BCUT2D eigenvalue weighted by molar-refractivity contribution is 5.89. The van der Waals surface area contributed by atoms with E-state index in [0.717, 1.165) is 5.56 Å². The maximum atomic E-state index is 11.5. The van der Waals surface area contributed by atoms with Crippen molar-refractivity contribution in [1.82, 2.24) is 0 Å². The number of carbonyl (C=O) groups is 1. The molecule has 0 spiro atoms. The molecule has 0 N–H and O–H groups in total. The van der Waals surface area contributed by atoms with E-state index in [1.54, 1.807) is 33.4 Å². The zero-order valence-electron chi connectivity index (χ0n) is 10.7. The van der Waals surface area contributed by atoms with Crippen LogP contribution in [0.3, 0.4) is 0 Å². The lowest BCUT2D eigenvalue weighted by Crippen LogP contribution is -2.26. The number of ether oxygens (including phenoxy) is 3. The van der Waals surface area contributed by atoms with Crippen LogP contribution in [-0.2, 0) is 4.74 Å². The summed E-state index contributed by atoms with van der Waals surface area (Å²) in [7, 11) is 6.10. The van der Waals surface area contributed by atoms with Gasteiger partial charge in [0.15, 0.2) is 0 Å². The van der Waals surface area contributed by atoms with Crippen LogP contribution in [0.15, 0.2) is 12.1 Å². The quantitative estimate of drug-likeness (QED) is 0.811. The molecule has 5 nitrogen and oxygen atoms in total. The molecule has 17 heavy (non-hydrogen) atoms. The average molecular weight is 239 g/mol. The summed E-state index contributed by atoms with van der Waals surface area (Å²) in [4.78, 5) is 12.8. The predicted octanol–water partition coefficient (Wildman–Crippen LogP) is 2.21. The van der Waals surface area contributed by atoms with Crippen LogP contribution in [0, 0.1) is 6.92 Å². The van der Waals surface area contributed by atoms with Crippen molar-refractivity contribution in [3.05, 3.63) is 17.7 Å². The lowest BCUT2D eigenvalue weighted by atomic mass is 10.1. The fourth-order valence-electron chi connectivity index (χ4n) is 1.64. The van der Waals surface area contributed by atoms with E-state index in [-0.39, 0.29) is 0 Å². The second kappa shape index (κ2) is 5.43. The molecule has 0 saturated heterocycles. The second-order valence-electron chi connectivity index (χ2n) is 3.47. The van der Waals surface area contributed by atoms with Gasteiger partial charge >= 0.3 is 6.09 Å². The Bertz CT molecular complexity index is 417. The van der Waals surface area contributed by atoms with Gasteiger partial charge in [-0.2, -0.15) is 0 Å². The van der Waals surface area contributed by atoms with Gasteiger partial charge in [-0.3, -0.25) is 4.90 Å². The zero-order valence-corrected chi connectivity index (χ0v) is 10.7. The van der Waals surface area contributed by atoms with Gasteiger partial charge in [-0.05, 0) is 19.1 Å². The maximum Gasteiger partial charge on any atom is 0.413 e. The summed E-state index contributed by atoms with van der Waals surface area (Å²) < 4.78 is 15.2. The number of hydrogen-bond acceptors (Lipinski definition) is 4. The van der Waals surface area contributed by atoms with Gasteiger partial charge in [0.05, 0.1) is 27.0 Å². The fourth-order valence-corrected chi connectivity index (χ4v) is 1.64. The first-order valence-corrected chi connectivity index (χ1v) is 5.10. The number of benzene rings is 1. The van der Waals surface area contributed by atoms with Crippen LogP contribution in [0.2, 0.25) is 0 Å². The summed E-state index contributed by atoms with van der Waals surface area (Å²) >= 11 is 0. The SMILES string of the molecule is COC(=O)N(C)c1ccc(OC)c(C)c1OC. The molecule has 0 saturated carbocycles. The number of carbonyl (C=O) groups excluding carboxylic acids is 1. The lowest BCUT2D eigenvalue weighted by Gasteiger charge is -2.20. The highest BCUT2D eigenvalue weighted by Crippen LogP contribution is 2.36. The molecule has 94 valence electrons. The van der Waals surface area contributed by atoms with Crippen LogP contribution >= 0.6 is 0 Å². The molecule has 0 aliphatic heterocycles.